The van der Waals surface area contributed by atoms with Gasteiger partial charge >= 0.3 is 0 Å². The summed E-state index contributed by atoms with van der Waals surface area (Å²) in [5, 5.41) is 12.4. The molecule has 136 valence electrons. The normalized spacial score (nSPS) is 10.1. The second-order valence-electron chi connectivity index (χ2n) is 5.35. The number of hydrogen-bond donors (Lipinski definition) is 1. The topological polar surface area (TPSA) is 80.1 Å². The SMILES string of the molecule is COc1nccc(NCc2cccnc2Oc2ccc(F)cc2F)c1C#N. The highest BCUT2D eigenvalue weighted by atomic mass is 19.1. The molecule has 1 aromatic carbocycles. The summed E-state index contributed by atoms with van der Waals surface area (Å²) in [6.07, 6.45) is 3.01. The van der Waals surface area contributed by atoms with Gasteiger partial charge in [-0.25, -0.2) is 18.7 Å². The van der Waals surface area contributed by atoms with Crippen molar-refractivity contribution in [2.45, 2.75) is 6.54 Å². The van der Waals surface area contributed by atoms with Gasteiger partial charge in [-0.15, -0.1) is 0 Å². The average molecular weight is 368 g/mol. The lowest BCUT2D eigenvalue weighted by atomic mass is 10.2. The number of pyridine rings is 2. The second kappa shape index (κ2) is 8.10. The molecule has 2 heterocycles. The van der Waals surface area contributed by atoms with Crippen LogP contribution in [0.5, 0.6) is 17.5 Å². The molecule has 0 saturated heterocycles. The van der Waals surface area contributed by atoms with Crippen LogP contribution in [0.2, 0.25) is 0 Å². The Morgan fingerprint density at radius 2 is 1.93 bits per heavy atom. The molecule has 0 spiro atoms. The van der Waals surface area contributed by atoms with E-state index >= 15 is 0 Å². The standard InChI is InChI=1S/C19H14F2N4O2/c1-26-19-14(10-22)16(6-8-24-19)25-11-12-3-2-7-23-18(12)27-17-5-4-13(20)9-15(17)21/h2-9H,11H2,1H3,(H,24,25). The summed E-state index contributed by atoms with van der Waals surface area (Å²) in [5.74, 6) is -1.29. The van der Waals surface area contributed by atoms with E-state index in [4.69, 9.17) is 9.47 Å². The zero-order valence-corrected chi connectivity index (χ0v) is 14.2. The molecule has 27 heavy (non-hydrogen) atoms. The maximum Gasteiger partial charge on any atom is 0.233 e. The smallest absolute Gasteiger partial charge is 0.233 e. The van der Waals surface area contributed by atoms with Crippen molar-refractivity contribution in [2.24, 2.45) is 0 Å². The third-order valence-corrected chi connectivity index (χ3v) is 3.64. The minimum atomic E-state index is -0.829. The fourth-order valence-corrected chi connectivity index (χ4v) is 2.36. The maximum absolute atomic E-state index is 13.8. The van der Waals surface area contributed by atoms with Gasteiger partial charge in [0.25, 0.3) is 0 Å². The van der Waals surface area contributed by atoms with Gasteiger partial charge in [-0.05, 0) is 24.3 Å². The number of rotatable bonds is 6. The average Bonchev–Trinajstić information content (AvgIpc) is 2.68. The lowest BCUT2D eigenvalue weighted by Gasteiger charge is -2.13. The monoisotopic (exact) mass is 368 g/mol. The van der Waals surface area contributed by atoms with Crippen molar-refractivity contribution in [3.8, 4) is 23.6 Å². The van der Waals surface area contributed by atoms with E-state index in [1.165, 1.54) is 25.6 Å². The lowest BCUT2D eigenvalue weighted by molar-refractivity contribution is 0.396. The molecule has 6 nitrogen and oxygen atoms in total. The van der Waals surface area contributed by atoms with Gasteiger partial charge in [0.05, 0.1) is 12.8 Å². The Labute approximate surface area is 154 Å². The molecule has 0 aliphatic rings. The van der Waals surface area contributed by atoms with Crippen LogP contribution in [-0.2, 0) is 6.54 Å². The van der Waals surface area contributed by atoms with Crippen LogP contribution in [0, 0.1) is 23.0 Å². The highest BCUT2D eigenvalue weighted by molar-refractivity contribution is 5.61. The molecule has 0 fully saturated rings. The quantitative estimate of drug-likeness (QED) is 0.707. The van der Waals surface area contributed by atoms with Crippen molar-refractivity contribution in [2.75, 3.05) is 12.4 Å². The van der Waals surface area contributed by atoms with Crippen LogP contribution in [0.3, 0.4) is 0 Å². The van der Waals surface area contributed by atoms with Crippen molar-refractivity contribution in [1.82, 2.24) is 9.97 Å². The first-order valence-electron chi connectivity index (χ1n) is 7.86. The zero-order valence-electron chi connectivity index (χ0n) is 14.2. The molecular weight excluding hydrogens is 354 g/mol. The van der Waals surface area contributed by atoms with Gasteiger partial charge in [0.15, 0.2) is 11.6 Å². The summed E-state index contributed by atoms with van der Waals surface area (Å²) in [5.41, 5.74) is 1.39. The van der Waals surface area contributed by atoms with Crippen LogP contribution < -0.4 is 14.8 Å². The van der Waals surface area contributed by atoms with E-state index in [-0.39, 0.29) is 29.6 Å². The number of halogens is 2. The van der Waals surface area contributed by atoms with Gasteiger partial charge in [0, 0.05) is 30.6 Å². The Balaban J connectivity index is 1.82. The van der Waals surface area contributed by atoms with Crippen LogP contribution >= 0.6 is 0 Å². The van der Waals surface area contributed by atoms with Crippen LogP contribution in [0.25, 0.3) is 0 Å². The van der Waals surface area contributed by atoms with Crippen molar-refractivity contribution in [3.05, 3.63) is 71.6 Å². The van der Waals surface area contributed by atoms with Gasteiger partial charge in [0.1, 0.15) is 17.4 Å². The molecule has 2 aromatic heterocycles. The maximum atomic E-state index is 13.8. The minimum absolute atomic E-state index is 0.139. The fourth-order valence-electron chi connectivity index (χ4n) is 2.36. The summed E-state index contributed by atoms with van der Waals surface area (Å²) in [7, 11) is 1.43. The Kier molecular flexibility index (Phi) is 5.42. The molecule has 0 atom stereocenters. The first-order valence-corrected chi connectivity index (χ1v) is 7.86. The van der Waals surface area contributed by atoms with Gasteiger partial charge in [0.2, 0.25) is 11.8 Å². The van der Waals surface area contributed by atoms with E-state index in [2.05, 4.69) is 15.3 Å². The van der Waals surface area contributed by atoms with E-state index in [0.29, 0.717) is 11.3 Å². The minimum Gasteiger partial charge on any atom is -0.480 e. The van der Waals surface area contributed by atoms with Gasteiger partial charge in [-0.2, -0.15) is 5.26 Å². The van der Waals surface area contributed by atoms with Crippen molar-refractivity contribution >= 4 is 5.69 Å². The number of benzene rings is 1. The summed E-state index contributed by atoms with van der Waals surface area (Å²) in [4.78, 5) is 8.08. The van der Waals surface area contributed by atoms with Crippen molar-refractivity contribution < 1.29 is 18.3 Å². The highest BCUT2D eigenvalue weighted by Gasteiger charge is 2.13. The molecule has 0 radical (unpaired) electrons. The number of ether oxygens (including phenoxy) is 2. The largest absolute Gasteiger partial charge is 0.480 e. The fraction of sp³-hybridized carbons (Fsp3) is 0.105. The zero-order chi connectivity index (χ0) is 19.2. The molecule has 8 heteroatoms. The van der Waals surface area contributed by atoms with E-state index in [0.717, 1.165) is 12.1 Å². The Hall–Kier alpha value is -3.73. The first kappa shape index (κ1) is 18.1. The Morgan fingerprint density at radius 3 is 2.67 bits per heavy atom. The molecule has 0 aliphatic heterocycles. The number of hydrogen-bond acceptors (Lipinski definition) is 6. The van der Waals surface area contributed by atoms with Crippen molar-refractivity contribution in [3.63, 3.8) is 0 Å². The number of aromatic nitrogens is 2. The number of nitrogens with zero attached hydrogens (tertiary/aromatic N) is 3. The summed E-state index contributed by atoms with van der Waals surface area (Å²) < 4.78 is 37.4. The summed E-state index contributed by atoms with van der Waals surface area (Å²) >= 11 is 0. The van der Waals surface area contributed by atoms with Crippen LogP contribution in [-0.4, -0.2) is 17.1 Å². The second-order valence-corrected chi connectivity index (χ2v) is 5.35. The first-order chi connectivity index (χ1) is 13.1. The predicted molar refractivity (Wildman–Crippen MR) is 93.5 cm³/mol. The molecule has 3 aromatic rings. The number of anilines is 1. The van der Waals surface area contributed by atoms with E-state index in [1.54, 1.807) is 18.2 Å². The van der Waals surface area contributed by atoms with Crippen LogP contribution in [0.1, 0.15) is 11.1 Å². The molecule has 0 bridgehead atoms. The molecular formula is C19H14F2N4O2. The Morgan fingerprint density at radius 1 is 1.11 bits per heavy atom. The van der Waals surface area contributed by atoms with Crippen LogP contribution in [0.4, 0.5) is 14.5 Å². The van der Waals surface area contributed by atoms with Gasteiger partial charge in [-0.3, -0.25) is 0 Å². The van der Waals surface area contributed by atoms with E-state index in [9.17, 15) is 14.0 Å². The predicted octanol–water partition coefficient (Wildman–Crippen LogP) is 4.04. The lowest BCUT2D eigenvalue weighted by Crippen LogP contribution is -2.05. The number of nitrogens with one attached hydrogen (secondary N) is 1. The number of methoxy groups -OCH3 is 1. The Bertz CT molecular complexity index is 1010. The third kappa shape index (κ3) is 4.10. The third-order valence-electron chi connectivity index (χ3n) is 3.64. The van der Waals surface area contributed by atoms with Crippen LogP contribution in [0.15, 0.2) is 48.8 Å². The summed E-state index contributed by atoms with van der Waals surface area (Å²) in [6.45, 7) is 0.244. The molecule has 0 aliphatic carbocycles. The molecule has 0 unspecified atom stereocenters. The highest BCUT2D eigenvalue weighted by Crippen LogP contribution is 2.28. The number of nitriles is 1. The summed E-state index contributed by atoms with van der Waals surface area (Å²) in [6, 6.07) is 10.1. The van der Waals surface area contributed by atoms with Gasteiger partial charge < -0.3 is 14.8 Å². The van der Waals surface area contributed by atoms with Crippen molar-refractivity contribution in [1.29, 1.82) is 5.26 Å². The molecule has 0 amide bonds. The van der Waals surface area contributed by atoms with E-state index in [1.807, 2.05) is 6.07 Å². The van der Waals surface area contributed by atoms with Gasteiger partial charge in [-0.1, -0.05) is 6.07 Å². The molecule has 0 saturated carbocycles. The molecule has 3 rings (SSSR count). The molecule has 1 N–H and O–H groups in total. The van der Waals surface area contributed by atoms with E-state index < -0.39 is 11.6 Å².